The molecule has 1 amide bonds. The zero-order chi connectivity index (χ0) is 21.1. The number of ether oxygens (including phenoxy) is 1. The van der Waals surface area contributed by atoms with Crippen LogP contribution in [-0.4, -0.2) is 39.3 Å². The Kier molecular flexibility index (Phi) is 5.85. The van der Waals surface area contributed by atoms with Gasteiger partial charge < -0.3 is 15.4 Å². The van der Waals surface area contributed by atoms with Gasteiger partial charge in [0.15, 0.2) is 0 Å². The predicted octanol–water partition coefficient (Wildman–Crippen LogP) is 2.66. The average Bonchev–Trinajstić information content (AvgIpc) is 3.15. The number of rotatable bonds is 6. The Morgan fingerprint density at radius 2 is 1.93 bits per heavy atom. The van der Waals surface area contributed by atoms with Crippen molar-refractivity contribution in [2.45, 2.75) is 45.2 Å². The molecule has 158 valence electrons. The van der Waals surface area contributed by atoms with Crippen LogP contribution in [0.3, 0.4) is 0 Å². The van der Waals surface area contributed by atoms with E-state index in [1.807, 2.05) is 54.8 Å². The summed E-state index contributed by atoms with van der Waals surface area (Å²) in [5.74, 6) is 0.601. The van der Waals surface area contributed by atoms with Gasteiger partial charge in [-0.15, -0.1) is 0 Å². The fraction of sp³-hybridized carbons (Fsp3) is 0.409. The molecule has 0 unspecified atom stereocenters. The normalized spacial score (nSPS) is 14.9. The van der Waals surface area contributed by atoms with Crippen LogP contribution in [0, 0.1) is 0 Å². The number of fused-ring (bicyclic) bond motifs is 1. The maximum atomic E-state index is 13.0. The summed E-state index contributed by atoms with van der Waals surface area (Å²) in [5.41, 5.74) is 1.93. The van der Waals surface area contributed by atoms with E-state index in [-0.39, 0.29) is 30.0 Å². The van der Waals surface area contributed by atoms with E-state index in [1.165, 1.54) is 4.68 Å². The van der Waals surface area contributed by atoms with Crippen LogP contribution < -0.4 is 16.2 Å². The van der Waals surface area contributed by atoms with Crippen LogP contribution in [0.25, 0.3) is 5.52 Å². The van der Waals surface area contributed by atoms with Crippen LogP contribution in [0.5, 0.6) is 0 Å². The fourth-order valence-electron chi connectivity index (χ4n) is 3.68. The number of nitrogens with zero attached hydrogens (tertiary/aromatic N) is 3. The van der Waals surface area contributed by atoms with E-state index in [4.69, 9.17) is 4.74 Å². The van der Waals surface area contributed by atoms with Crippen molar-refractivity contribution in [2.24, 2.45) is 0 Å². The molecular formula is C22H27N5O3. The Morgan fingerprint density at radius 3 is 2.63 bits per heavy atom. The van der Waals surface area contributed by atoms with Crippen molar-refractivity contribution in [3.8, 4) is 0 Å². The summed E-state index contributed by atoms with van der Waals surface area (Å²) in [4.78, 5) is 25.6. The number of carbonyl (C=O) groups is 1. The van der Waals surface area contributed by atoms with Gasteiger partial charge in [-0.1, -0.05) is 32.0 Å². The first-order chi connectivity index (χ1) is 14.5. The van der Waals surface area contributed by atoms with E-state index >= 15 is 0 Å². The highest BCUT2D eigenvalue weighted by molar-refractivity contribution is 5.76. The highest BCUT2D eigenvalue weighted by Crippen LogP contribution is 2.21. The molecule has 0 radical (unpaired) electrons. The van der Waals surface area contributed by atoms with Crippen molar-refractivity contribution in [1.29, 1.82) is 0 Å². The van der Waals surface area contributed by atoms with Gasteiger partial charge in [0.05, 0.1) is 5.69 Å². The molecule has 1 fully saturated rings. The van der Waals surface area contributed by atoms with Crippen LogP contribution in [-0.2, 0) is 16.1 Å². The predicted molar refractivity (Wildman–Crippen MR) is 115 cm³/mol. The molecule has 0 saturated carbocycles. The zero-order valence-corrected chi connectivity index (χ0v) is 17.3. The molecule has 1 aliphatic heterocycles. The first kappa shape index (κ1) is 20.2. The summed E-state index contributed by atoms with van der Waals surface area (Å²) in [6, 6.07) is 11.7. The maximum Gasteiger partial charge on any atom is 0.291 e. The summed E-state index contributed by atoms with van der Waals surface area (Å²) in [6.07, 6.45) is 3.45. The summed E-state index contributed by atoms with van der Waals surface area (Å²) < 4.78 is 8.41. The van der Waals surface area contributed by atoms with Gasteiger partial charge in [-0.05, 0) is 31.0 Å². The number of hydrogen-bond donors (Lipinski definition) is 2. The van der Waals surface area contributed by atoms with Crippen molar-refractivity contribution in [3.63, 3.8) is 0 Å². The Bertz CT molecular complexity index is 1080. The molecular weight excluding hydrogens is 382 g/mol. The molecule has 1 aliphatic rings. The molecule has 0 atom stereocenters. The molecule has 8 nitrogen and oxygen atoms in total. The van der Waals surface area contributed by atoms with Crippen LogP contribution in [0.15, 0.2) is 47.4 Å². The molecule has 0 spiro atoms. The molecule has 1 aromatic carbocycles. The minimum Gasteiger partial charge on any atom is -0.381 e. The van der Waals surface area contributed by atoms with Crippen LogP contribution >= 0.6 is 0 Å². The Balaban J connectivity index is 1.62. The van der Waals surface area contributed by atoms with Gasteiger partial charge >= 0.3 is 0 Å². The highest BCUT2D eigenvalue weighted by atomic mass is 16.5. The standard InChI is InChI=1S/C22H27N5O3/c1-15(2)21-25-27(14-20(28)24-17-8-10-30-11-9-17)22(29)19-12-18(13-26(19)21)23-16-6-4-3-5-7-16/h3-7,12-13,15,17,23H,8-11,14H2,1-2H3,(H,24,28). The van der Waals surface area contributed by atoms with E-state index in [2.05, 4.69) is 15.7 Å². The van der Waals surface area contributed by atoms with Gasteiger partial charge in [0, 0.05) is 37.1 Å². The lowest BCUT2D eigenvalue weighted by Gasteiger charge is -2.23. The molecule has 8 heteroatoms. The third-order valence-corrected chi connectivity index (χ3v) is 5.20. The molecule has 30 heavy (non-hydrogen) atoms. The fourth-order valence-corrected chi connectivity index (χ4v) is 3.68. The smallest absolute Gasteiger partial charge is 0.291 e. The number of anilines is 2. The molecule has 4 rings (SSSR count). The van der Waals surface area contributed by atoms with Gasteiger partial charge in [0.25, 0.3) is 5.56 Å². The minimum atomic E-state index is -0.289. The third-order valence-electron chi connectivity index (χ3n) is 5.20. The van der Waals surface area contributed by atoms with Gasteiger partial charge in [-0.25, -0.2) is 4.68 Å². The third kappa shape index (κ3) is 4.38. The van der Waals surface area contributed by atoms with E-state index < -0.39 is 0 Å². The van der Waals surface area contributed by atoms with E-state index in [9.17, 15) is 9.59 Å². The Labute approximate surface area is 174 Å². The van der Waals surface area contributed by atoms with Crippen molar-refractivity contribution in [1.82, 2.24) is 19.5 Å². The Morgan fingerprint density at radius 1 is 1.20 bits per heavy atom. The van der Waals surface area contributed by atoms with Crippen LogP contribution in [0.2, 0.25) is 0 Å². The SMILES string of the molecule is CC(C)c1nn(CC(=O)NC2CCOCC2)c(=O)c2cc(Nc3ccccc3)cn12. The molecule has 0 bridgehead atoms. The van der Waals surface area contributed by atoms with Crippen molar-refractivity contribution in [2.75, 3.05) is 18.5 Å². The molecule has 3 aromatic rings. The summed E-state index contributed by atoms with van der Waals surface area (Å²) >= 11 is 0. The molecule has 0 aliphatic carbocycles. The maximum absolute atomic E-state index is 13.0. The largest absolute Gasteiger partial charge is 0.381 e. The quantitative estimate of drug-likeness (QED) is 0.653. The van der Waals surface area contributed by atoms with E-state index in [0.717, 1.165) is 30.0 Å². The number of aromatic nitrogens is 3. The average molecular weight is 409 g/mol. The second kappa shape index (κ2) is 8.71. The van der Waals surface area contributed by atoms with Crippen molar-refractivity contribution < 1.29 is 9.53 Å². The molecule has 1 saturated heterocycles. The van der Waals surface area contributed by atoms with Gasteiger partial charge in [-0.3, -0.25) is 14.0 Å². The van der Waals surface area contributed by atoms with Crippen LogP contribution in [0.4, 0.5) is 11.4 Å². The Hall–Kier alpha value is -3.13. The first-order valence-electron chi connectivity index (χ1n) is 10.3. The second-order valence-corrected chi connectivity index (χ2v) is 7.90. The second-order valence-electron chi connectivity index (χ2n) is 7.90. The number of carbonyl (C=O) groups excluding carboxylic acids is 1. The van der Waals surface area contributed by atoms with Crippen LogP contribution in [0.1, 0.15) is 38.4 Å². The lowest BCUT2D eigenvalue weighted by molar-refractivity contribution is -0.123. The molecule has 2 aromatic heterocycles. The van der Waals surface area contributed by atoms with Gasteiger partial charge in [-0.2, -0.15) is 5.10 Å². The number of benzene rings is 1. The molecule has 2 N–H and O–H groups in total. The topological polar surface area (TPSA) is 89.7 Å². The van der Waals surface area contributed by atoms with Crippen molar-refractivity contribution in [3.05, 3.63) is 58.8 Å². The summed E-state index contributed by atoms with van der Waals surface area (Å²) in [7, 11) is 0. The summed E-state index contributed by atoms with van der Waals surface area (Å²) in [5, 5.41) is 10.8. The first-order valence-corrected chi connectivity index (χ1v) is 10.3. The summed E-state index contributed by atoms with van der Waals surface area (Å²) in [6.45, 7) is 5.23. The van der Waals surface area contributed by atoms with E-state index in [0.29, 0.717) is 18.7 Å². The number of nitrogens with one attached hydrogen (secondary N) is 2. The minimum absolute atomic E-state index is 0.0786. The molecule has 3 heterocycles. The van der Waals surface area contributed by atoms with E-state index in [1.54, 1.807) is 6.07 Å². The lowest BCUT2D eigenvalue weighted by atomic mass is 10.1. The van der Waals surface area contributed by atoms with Gasteiger partial charge in [0.2, 0.25) is 5.91 Å². The number of hydrogen-bond acceptors (Lipinski definition) is 5. The zero-order valence-electron chi connectivity index (χ0n) is 17.3. The van der Waals surface area contributed by atoms with Gasteiger partial charge in [0.1, 0.15) is 17.9 Å². The lowest BCUT2D eigenvalue weighted by Crippen LogP contribution is -2.42. The highest BCUT2D eigenvalue weighted by Gasteiger charge is 2.19. The number of amides is 1. The van der Waals surface area contributed by atoms with Crippen molar-refractivity contribution >= 4 is 22.8 Å². The number of para-hydroxylation sites is 1. The monoisotopic (exact) mass is 409 g/mol.